The molecule has 0 bridgehead atoms. The summed E-state index contributed by atoms with van der Waals surface area (Å²) in [7, 11) is 1.72. The van der Waals surface area contributed by atoms with Gasteiger partial charge in [0.1, 0.15) is 0 Å². The van der Waals surface area contributed by atoms with E-state index >= 15 is 0 Å². The molecule has 0 unspecified atom stereocenters. The van der Waals surface area contributed by atoms with Crippen molar-refractivity contribution in [2.24, 2.45) is 7.05 Å². The van der Waals surface area contributed by atoms with E-state index in [9.17, 15) is 4.79 Å². The van der Waals surface area contributed by atoms with Crippen LogP contribution in [0.4, 0.5) is 0 Å². The van der Waals surface area contributed by atoms with Gasteiger partial charge in [0.15, 0.2) is 0 Å². The van der Waals surface area contributed by atoms with Gasteiger partial charge in [0, 0.05) is 18.8 Å². The summed E-state index contributed by atoms with van der Waals surface area (Å²) in [5.74, 6) is 0. The predicted molar refractivity (Wildman–Crippen MR) is 43.5 cm³/mol. The predicted octanol–water partition coefficient (Wildman–Crippen LogP) is 0.733. The Morgan fingerprint density at radius 3 is 3.00 bits per heavy atom. The molecule has 3 nitrogen and oxygen atoms in total. The second kappa shape index (κ2) is 3.32. The van der Waals surface area contributed by atoms with Gasteiger partial charge < -0.3 is 4.57 Å². The first-order chi connectivity index (χ1) is 5.25. The Bertz CT molecular complexity index is 290. The van der Waals surface area contributed by atoms with Crippen LogP contribution >= 0.6 is 0 Å². The fourth-order valence-electron chi connectivity index (χ4n) is 0.998. The van der Waals surface area contributed by atoms with Crippen molar-refractivity contribution in [1.82, 2.24) is 9.55 Å². The van der Waals surface area contributed by atoms with E-state index in [4.69, 9.17) is 0 Å². The zero-order chi connectivity index (χ0) is 8.27. The molecule has 1 aromatic heterocycles. The summed E-state index contributed by atoms with van der Waals surface area (Å²) >= 11 is 0. The molecule has 1 aromatic rings. The molecule has 0 radical (unpaired) electrons. The SMILES string of the molecule is CCCc1cncn(C)c1=O. The minimum atomic E-state index is 0.0712. The lowest BCUT2D eigenvalue weighted by Gasteiger charge is -1.98. The van der Waals surface area contributed by atoms with Gasteiger partial charge in [0.25, 0.3) is 5.56 Å². The van der Waals surface area contributed by atoms with Crippen LogP contribution in [0.1, 0.15) is 18.9 Å². The number of aromatic nitrogens is 2. The summed E-state index contributed by atoms with van der Waals surface area (Å²) in [5.41, 5.74) is 0.874. The van der Waals surface area contributed by atoms with E-state index in [1.54, 1.807) is 13.2 Å². The highest BCUT2D eigenvalue weighted by Crippen LogP contribution is 1.92. The van der Waals surface area contributed by atoms with E-state index in [1.807, 2.05) is 6.92 Å². The summed E-state index contributed by atoms with van der Waals surface area (Å²) in [6.45, 7) is 2.05. The molecule has 11 heavy (non-hydrogen) atoms. The molecule has 0 atom stereocenters. The molecule has 0 aliphatic heterocycles. The van der Waals surface area contributed by atoms with Crippen LogP contribution in [0.25, 0.3) is 0 Å². The molecule has 1 rings (SSSR count). The Kier molecular flexibility index (Phi) is 2.41. The lowest BCUT2D eigenvalue weighted by molar-refractivity contribution is 0.780. The van der Waals surface area contributed by atoms with Crippen LogP contribution in [-0.4, -0.2) is 9.55 Å². The van der Waals surface area contributed by atoms with Crippen LogP contribution in [0.2, 0.25) is 0 Å². The van der Waals surface area contributed by atoms with Crippen molar-refractivity contribution < 1.29 is 0 Å². The van der Waals surface area contributed by atoms with Crippen molar-refractivity contribution >= 4 is 0 Å². The van der Waals surface area contributed by atoms with Crippen LogP contribution < -0.4 is 5.56 Å². The average Bonchev–Trinajstić information content (AvgIpc) is 1.99. The van der Waals surface area contributed by atoms with Crippen LogP contribution in [0, 0.1) is 0 Å². The van der Waals surface area contributed by atoms with Crippen LogP contribution in [-0.2, 0) is 13.5 Å². The van der Waals surface area contributed by atoms with Crippen LogP contribution in [0.3, 0.4) is 0 Å². The number of nitrogens with zero attached hydrogens (tertiary/aromatic N) is 2. The maximum absolute atomic E-state index is 11.3. The Hall–Kier alpha value is -1.12. The zero-order valence-electron chi connectivity index (χ0n) is 6.87. The van der Waals surface area contributed by atoms with Gasteiger partial charge in [-0.15, -0.1) is 0 Å². The minimum absolute atomic E-state index is 0.0712. The third-order valence-electron chi connectivity index (χ3n) is 1.58. The molecule has 0 saturated heterocycles. The molecule has 0 fully saturated rings. The molecule has 0 spiro atoms. The molecule has 0 saturated carbocycles. The Balaban J connectivity index is 3.07. The number of hydrogen-bond donors (Lipinski definition) is 0. The van der Waals surface area contributed by atoms with Gasteiger partial charge in [-0.1, -0.05) is 13.3 Å². The normalized spacial score (nSPS) is 10.0. The fourth-order valence-corrected chi connectivity index (χ4v) is 0.998. The van der Waals surface area contributed by atoms with E-state index in [2.05, 4.69) is 4.98 Å². The molecule has 60 valence electrons. The molecule has 0 amide bonds. The molecule has 1 heterocycles. The van der Waals surface area contributed by atoms with Gasteiger partial charge in [0.05, 0.1) is 6.33 Å². The largest absolute Gasteiger partial charge is 0.302 e. The van der Waals surface area contributed by atoms with Gasteiger partial charge >= 0.3 is 0 Å². The number of aryl methyl sites for hydroxylation is 2. The number of hydrogen-bond acceptors (Lipinski definition) is 2. The summed E-state index contributed by atoms with van der Waals surface area (Å²) in [4.78, 5) is 15.2. The summed E-state index contributed by atoms with van der Waals surface area (Å²) in [5, 5.41) is 0. The van der Waals surface area contributed by atoms with Crippen molar-refractivity contribution in [2.75, 3.05) is 0 Å². The Labute approximate surface area is 65.7 Å². The highest BCUT2D eigenvalue weighted by Gasteiger charge is 1.98. The van der Waals surface area contributed by atoms with Crippen LogP contribution in [0.15, 0.2) is 17.3 Å². The van der Waals surface area contributed by atoms with Crippen molar-refractivity contribution in [1.29, 1.82) is 0 Å². The van der Waals surface area contributed by atoms with E-state index in [0.29, 0.717) is 0 Å². The van der Waals surface area contributed by atoms with Crippen molar-refractivity contribution in [3.05, 3.63) is 28.4 Å². The second-order valence-electron chi connectivity index (χ2n) is 2.58. The first-order valence-corrected chi connectivity index (χ1v) is 3.75. The van der Waals surface area contributed by atoms with Gasteiger partial charge in [-0.2, -0.15) is 0 Å². The monoisotopic (exact) mass is 152 g/mol. The van der Waals surface area contributed by atoms with Gasteiger partial charge in [-0.05, 0) is 6.42 Å². The van der Waals surface area contributed by atoms with Gasteiger partial charge in [-0.3, -0.25) is 4.79 Å². The molecule has 0 aliphatic rings. The number of rotatable bonds is 2. The second-order valence-corrected chi connectivity index (χ2v) is 2.58. The van der Waals surface area contributed by atoms with E-state index < -0.39 is 0 Å². The third-order valence-corrected chi connectivity index (χ3v) is 1.58. The molecule has 0 aliphatic carbocycles. The smallest absolute Gasteiger partial charge is 0.256 e. The maximum Gasteiger partial charge on any atom is 0.256 e. The van der Waals surface area contributed by atoms with Crippen molar-refractivity contribution in [3.63, 3.8) is 0 Å². The van der Waals surface area contributed by atoms with Gasteiger partial charge in [0.2, 0.25) is 0 Å². The molecule has 0 N–H and O–H groups in total. The van der Waals surface area contributed by atoms with E-state index in [-0.39, 0.29) is 5.56 Å². The summed E-state index contributed by atoms with van der Waals surface area (Å²) in [6.07, 6.45) is 4.98. The van der Waals surface area contributed by atoms with E-state index in [1.165, 1.54) is 10.9 Å². The van der Waals surface area contributed by atoms with Gasteiger partial charge in [-0.25, -0.2) is 4.98 Å². The van der Waals surface area contributed by atoms with Crippen molar-refractivity contribution in [3.8, 4) is 0 Å². The lowest BCUT2D eigenvalue weighted by Crippen LogP contribution is -2.20. The molecule has 0 aromatic carbocycles. The Morgan fingerprint density at radius 1 is 1.64 bits per heavy atom. The first-order valence-electron chi connectivity index (χ1n) is 3.75. The molecule has 3 heteroatoms. The molecular formula is C8H12N2O. The summed E-state index contributed by atoms with van der Waals surface area (Å²) < 4.78 is 1.50. The van der Waals surface area contributed by atoms with Crippen molar-refractivity contribution in [2.45, 2.75) is 19.8 Å². The minimum Gasteiger partial charge on any atom is -0.302 e. The maximum atomic E-state index is 11.3. The fraction of sp³-hybridized carbons (Fsp3) is 0.500. The third kappa shape index (κ3) is 1.67. The topological polar surface area (TPSA) is 34.9 Å². The Morgan fingerprint density at radius 2 is 2.36 bits per heavy atom. The lowest BCUT2D eigenvalue weighted by atomic mass is 10.2. The molecular weight excluding hydrogens is 140 g/mol. The first kappa shape index (κ1) is 7.98. The zero-order valence-corrected chi connectivity index (χ0v) is 6.87. The summed E-state index contributed by atoms with van der Waals surface area (Å²) in [6, 6.07) is 0. The quantitative estimate of drug-likeness (QED) is 0.626. The standard InChI is InChI=1S/C8H12N2O/c1-3-4-7-5-9-6-10(2)8(7)11/h5-6H,3-4H2,1-2H3. The highest BCUT2D eigenvalue weighted by atomic mass is 16.1. The van der Waals surface area contributed by atoms with E-state index in [0.717, 1.165) is 18.4 Å². The average molecular weight is 152 g/mol. The highest BCUT2D eigenvalue weighted by molar-refractivity contribution is 5.03. The van der Waals surface area contributed by atoms with Crippen LogP contribution in [0.5, 0.6) is 0 Å².